The van der Waals surface area contributed by atoms with Gasteiger partial charge in [-0.15, -0.1) is 0 Å². The van der Waals surface area contributed by atoms with E-state index in [1.165, 1.54) is 11.1 Å². The average Bonchev–Trinajstić information content (AvgIpc) is 3.03. The van der Waals surface area contributed by atoms with Crippen LogP contribution in [0, 0.1) is 5.41 Å². The number of carbonyl (C=O) groups is 1. The Morgan fingerprint density at radius 1 is 0.818 bits per heavy atom. The first-order chi connectivity index (χ1) is 10.6. The summed E-state index contributed by atoms with van der Waals surface area (Å²) in [5, 5.41) is 0. The smallest absolute Gasteiger partial charge is 0.170 e. The van der Waals surface area contributed by atoms with Crippen molar-refractivity contribution in [1.82, 2.24) is 0 Å². The van der Waals surface area contributed by atoms with Gasteiger partial charge in [0.15, 0.2) is 5.78 Å². The molecule has 1 unspecified atom stereocenters. The van der Waals surface area contributed by atoms with Crippen LogP contribution in [0.3, 0.4) is 0 Å². The summed E-state index contributed by atoms with van der Waals surface area (Å²) in [5.41, 5.74) is 4.19. The third-order valence-corrected chi connectivity index (χ3v) is 5.04. The van der Waals surface area contributed by atoms with Crippen LogP contribution in [0.1, 0.15) is 27.0 Å². The lowest BCUT2D eigenvalue weighted by Crippen LogP contribution is -2.28. The molecule has 0 bridgehead atoms. The van der Waals surface area contributed by atoms with Gasteiger partial charge in [-0.3, -0.25) is 4.79 Å². The lowest BCUT2D eigenvalue weighted by molar-refractivity contribution is 0.0831. The number of ketones is 1. The third kappa shape index (κ3) is 1.78. The molecule has 0 saturated carbocycles. The van der Waals surface area contributed by atoms with E-state index in [9.17, 15) is 4.79 Å². The molecule has 3 nitrogen and oxygen atoms in total. The van der Waals surface area contributed by atoms with Gasteiger partial charge in [0, 0.05) is 11.0 Å². The Morgan fingerprint density at radius 2 is 1.41 bits per heavy atom. The molecule has 0 radical (unpaired) electrons. The van der Waals surface area contributed by atoms with Crippen molar-refractivity contribution in [2.45, 2.75) is 19.3 Å². The van der Waals surface area contributed by atoms with Crippen LogP contribution >= 0.6 is 0 Å². The van der Waals surface area contributed by atoms with E-state index < -0.39 is 0 Å². The first-order valence-electron chi connectivity index (χ1n) is 7.53. The molecule has 1 atom stereocenters. The maximum absolute atomic E-state index is 13.0. The maximum atomic E-state index is 13.0. The molecule has 0 heterocycles. The van der Waals surface area contributed by atoms with E-state index in [2.05, 4.69) is 12.1 Å². The fraction of sp³-hybridized carbons (Fsp3) is 0.316. The number of ether oxygens (including phenoxy) is 2. The Hall–Kier alpha value is -2.29. The number of carbonyl (C=O) groups excluding carboxylic acids is 1. The van der Waals surface area contributed by atoms with E-state index in [1.807, 2.05) is 24.3 Å². The average molecular weight is 294 g/mol. The van der Waals surface area contributed by atoms with Crippen molar-refractivity contribution in [2.24, 2.45) is 5.41 Å². The van der Waals surface area contributed by atoms with Gasteiger partial charge >= 0.3 is 0 Å². The van der Waals surface area contributed by atoms with Gasteiger partial charge in [-0.05, 0) is 66.3 Å². The molecule has 0 aliphatic heterocycles. The largest absolute Gasteiger partial charge is 0.497 e. The van der Waals surface area contributed by atoms with E-state index in [4.69, 9.17) is 9.47 Å². The van der Waals surface area contributed by atoms with E-state index >= 15 is 0 Å². The molecule has 112 valence electrons. The van der Waals surface area contributed by atoms with E-state index in [0.717, 1.165) is 41.9 Å². The Kier molecular flexibility index (Phi) is 2.80. The van der Waals surface area contributed by atoms with Crippen LogP contribution in [0.15, 0.2) is 36.4 Å². The minimum absolute atomic E-state index is 0.278. The van der Waals surface area contributed by atoms with E-state index in [1.54, 1.807) is 14.2 Å². The molecule has 0 amide bonds. The van der Waals surface area contributed by atoms with Crippen molar-refractivity contribution in [2.75, 3.05) is 14.2 Å². The molecule has 0 saturated heterocycles. The van der Waals surface area contributed by atoms with Gasteiger partial charge in [-0.1, -0.05) is 6.07 Å². The Balaban J connectivity index is 1.72. The Bertz CT molecular complexity index is 774. The van der Waals surface area contributed by atoms with Crippen LogP contribution < -0.4 is 9.47 Å². The molecule has 22 heavy (non-hydrogen) atoms. The van der Waals surface area contributed by atoms with Gasteiger partial charge in [0.2, 0.25) is 0 Å². The van der Waals surface area contributed by atoms with E-state index in [-0.39, 0.29) is 11.2 Å². The van der Waals surface area contributed by atoms with Crippen molar-refractivity contribution in [3.8, 4) is 11.5 Å². The number of Topliss-reactive ketones (excluding diaryl/α,β-unsaturated/α-hetero) is 1. The molecule has 3 heteroatoms. The third-order valence-electron chi connectivity index (χ3n) is 5.04. The standard InChI is InChI=1S/C19H18O3/c1-21-15-4-3-12-9-19(10-13(12)7-15)11-14-8-16(22-2)5-6-17(14)18(19)20/h3-8H,9-11H2,1-2H3. The zero-order chi connectivity index (χ0) is 15.3. The summed E-state index contributed by atoms with van der Waals surface area (Å²) in [5.74, 6) is 1.96. The summed E-state index contributed by atoms with van der Waals surface area (Å²) in [6, 6.07) is 11.9. The monoisotopic (exact) mass is 294 g/mol. The highest BCUT2D eigenvalue weighted by Crippen LogP contribution is 2.48. The second-order valence-electron chi connectivity index (χ2n) is 6.30. The van der Waals surface area contributed by atoms with Crippen molar-refractivity contribution in [3.05, 3.63) is 58.7 Å². The molecule has 2 aliphatic carbocycles. The van der Waals surface area contributed by atoms with Crippen LogP contribution in [0.5, 0.6) is 11.5 Å². The quantitative estimate of drug-likeness (QED) is 0.853. The molecule has 2 aliphatic rings. The molecule has 0 N–H and O–H groups in total. The number of rotatable bonds is 2. The molecule has 2 aromatic rings. The summed E-state index contributed by atoms with van der Waals surface area (Å²) in [6.07, 6.45) is 2.42. The topological polar surface area (TPSA) is 35.5 Å². The first kappa shape index (κ1) is 13.4. The Labute approximate surface area is 129 Å². The van der Waals surface area contributed by atoms with Gasteiger partial charge < -0.3 is 9.47 Å². The Morgan fingerprint density at radius 3 is 2.14 bits per heavy atom. The molecule has 0 aromatic heterocycles. The van der Waals surface area contributed by atoms with Gasteiger partial charge in [0.05, 0.1) is 14.2 Å². The number of hydrogen-bond donors (Lipinski definition) is 0. The molecule has 1 spiro atoms. The summed E-state index contributed by atoms with van der Waals surface area (Å²) >= 11 is 0. The molecule has 0 fully saturated rings. The molecule has 4 rings (SSSR count). The second kappa shape index (κ2) is 4.60. The van der Waals surface area contributed by atoms with Crippen LogP contribution in [0.4, 0.5) is 0 Å². The number of hydrogen-bond acceptors (Lipinski definition) is 3. The van der Waals surface area contributed by atoms with Crippen molar-refractivity contribution in [1.29, 1.82) is 0 Å². The fourth-order valence-electron chi connectivity index (χ4n) is 3.94. The normalized spacial score (nSPS) is 21.8. The summed E-state index contributed by atoms with van der Waals surface area (Å²) in [6.45, 7) is 0. The zero-order valence-electron chi connectivity index (χ0n) is 12.8. The predicted octanol–water partition coefficient (Wildman–Crippen LogP) is 3.23. The van der Waals surface area contributed by atoms with Gasteiger partial charge in [-0.25, -0.2) is 0 Å². The van der Waals surface area contributed by atoms with Crippen LogP contribution in [0.2, 0.25) is 0 Å². The SMILES string of the molecule is COc1ccc2c(c1)CC1(C2)Cc2cc(OC)ccc2C1=O. The summed E-state index contributed by atoms with van der Waals surface area (Å²) in [7, 11) is 3.33. The minimum atomic E-state index is -0.302. The van der Waals surface area contributed by atoms with Crippen molar-refractivity contribution >= 4 is 5.78 Å². The number of methoxy groups -OCH3 is 2. The van der Waals surface area contributed by atoms with Crippen LogP contribution in [-0.4, -0.2) is 20.0 Å². The second-order valence-corrected chi connectivity index (χ2v) is 6.30. The maximum Gasteiger partial charge on any atom is 0.170 e. The number of benzene rings is 2. The predicted molar refractivity (Wildman–Crippen MR) is 83.9 cm³/mol. The van der Waals surface area contributed by atoms with Crippen molar-refractivity contribution < 1.29 is 14.3 Å². The van der Waals surface area contributed by atoms with Crippen LogP contribution in [-0.2, 0) is 19.3 Å². The molecular weight excluding hydrogens is 276 g/mol. The molecule has 2 aromatic carbocycles. The highest BCUT2D eigenvalue weighted by atomic mass is 16.5. The minimum Gasteiger partial charge on any atom is -0.497 e. The zero-order valence-corrected chi connectivity index (χ0v) is 12.8. The van der Waals surface area contributed by atoms with Gasteiger partial charge in [-0.2, -0.15) is 0 Å². The summed E-state index contributed by atoms with van der Waals surface area (Å²) in [4.78, 5) is 13.0. The van der Waals surface area contributed by atoms with Crippen molar-refractivity contribution in [3.63, 3.8) is 0 Å². The van der Waals surface area contributed by atoms with Gasteiger partial charge in [0.25, 0.3) is 0 Å². The lowest BCUT2D eigenvalue weighted by Gasteiger charge is -2.20. The molecular formula is C19H18O3. The van der Waals surface area contributed by atoms with Crippen LogP contribution in [0.25, 0.3) is 0 Å². The first-order valence-corrected chi connectivity index (χ1v) is 7.53. The van der Waals surface area contributed by atoms with Gasteiger partial charge in [0.1, 0.15) is 11.5 Å². The fourth-order valence-corrected chi connectivity index (χ4v) is 3.94. The number of fused-ring (bicyclic) bond motifs is 2. The highest BCUT2D eigenvalue weighted by molar-refractivity contribution is 6.05. The lowest BCUT2D eigenvalue weighted by atomic mass is 9.81. The van der Waals surface area contributed by atoms with E-state index in [0.29, 0.717) is 0 Å². The highest BCUT2D eigenvalue weighted by Gasteiger charge is 2.49. The summed E-state index contributed by atoms with van der Waals surface area (Å²) < 4.78 is 10.6.